The van der Waals surface area contributed by atoms with E-state index in [1.165, 1.54) is 56.9 Å². The summed E-state index contributed by atoms with van der Waals surface area (Å²) in [6.07, 6.45) is 11.1. The molecule has 142 valence electrons. The second-order valence-electron chi connectivity index (χ2n) is 9.18. The molecule has 5 rings (SSSR count). The van der Waals surface area contributed by atoms with Gasteiger partial charge in [-0.2, -0.15) is 0 Å². The molecule has 1 atom stereocenters. The average molecular weight is 391 g/mol. The summed E-state index contributed by atoms with van der Waals surface area (Å²) in [6.45, 7) is 4.39. The summed E-state index contributed by atoms with van der Waals surface area (Å²) < 4.78 is 0. The number of benzene rings is 1. The molecule has 4 heteroatoms. The molecule has 0 heterocycles. The van der Waals surface area contributed by atoms with E-state index in [2.05, 4.69) is 24.5 Å². The molecule has 2 N–H and O–H groups in total. The van der Waals surface area contributed by atoms with Crippen LogP contribution in [0.1, 0.15) is 63.9 Å². The van der Waals surface area contributed by atoms with Crippen LogP contribution in [0, 0.1) is 30.1 Å². The van der Waals surface area contributed by atoms with E-state index in [1.807, 2.05) is 18.2 Å². The van der Waals surface area contributed by atoms with E-state index in [-0.39, 0.29) is 0 Å². The summed E-state index contributed by atoms with van der Waals surface area (Å²) in [5, 5.41) is 8.65. The number of halogens is 1. The number of aryl methyl sites for hydroxylation is 1. The van der Waals surface area contributed by atoms with Gasteiger partial charge in [0.2, 0.25) is 0 Å². The highest BCUT2D eigenvalue weighted by Crippen LogP contribution is 2.61. The van der Waals surface area contributed by atoms with E-state index >= 15 is 0 Å². The molecular weight excluding hydrogens is 360 g/mol. The fourth-order valence-corrected chi connectivity index (χ4v) is 6.89. The van der Waals surface area contributed by atoms with Crippen molar-refractivity contribution < 1.29 is 0 Å². The first-order valence-electron chi connectivity index (χ1n) is 10.3. The van der Waals surface area contributed by atoms with Gasteiger partial charge in [0.25, 0.3) is 0 Å². The molecule has 0 saturated heterocycles. The molecule has 0 spiro atoms. The lowest BCUT2D eigenvalue weighted by Gasteiger charge is -2.59. The standard InChI is InChI=1S/C22H31ClN2S/c1-3-4-20(22-11-15-7-16(12-22)9-17(8-15)13-22)25-21(26)24-19-10-18(23)6-5-14(19)2/h5-6,10,15-17,20H,3-4,7-9,11-13H2,1-2H3,(H2,24,25,26). The van der Waals surface area contributed by atoms with Gasteiger partial charge in [-0.05, 0) is 105 Å². The van der Waals surface area contributed by atoms with Gasteiger partial charge in [0.05, 0.1) is 0 Å². The number of thiocarbonyl (C=S) groups is 1. The van der Waals surface area contributed by atoms with E-state index in [9.17, 15) is 0 Å². The summed E-state index contributed by atoms with van der Waals surface area (Å²) in [5.74, 6) is 2.91. The number of anilines is 1. The third kappa shape index (κ3) is 3.62. The lowest BCUT2D eigenvalue weighted by molar-refractivity contribution is -0.0718. The summed E-state index contributed by atoms with van der Waals surface area (Å²) in [5.41, 5.74) is 2.65. The maximum atomic E-state index is 6.16. The lowest BCUT2D eigenvalue weighted by Crippen LogP contribution is -2.57. The van der Waals surface area contributed by atoms with Crippen LogP contribution in [0.3, 0.4) is 0 Å². The van der Waals surface area contributed by atoms with Gasteiger partial charge < -0.3 is 10.6 Å². The van der Waals surface area contributed by atoms with Gasteiger partial charge in [-0.25, -0.2) is 0 Å². The molecule has 0 aromatic heterocycles. The number of rotatable bonds is 5. The van der Waals surface area contributed by atoms with Crippen molar-refractivity contribution in [1.82, 2.24) is 5.32 Å². The quantitative estimate of drug-likeness (QED) is 0.575. The van der Waals surface area contributed by atoms with Crippen molar-refractivity contribution in [1.29, 1.82) is 0 Å². The first-order chi connectivity index (χ1) is 12.5. The molecule has 4 aliphatic carbocycles. The van der Waals surface area contributed by atoms with Crippen molar-refractivity contribution in [3.63, 3.8) is 0 Å². The third-order valence-corrected chi connectivity index (χ3v) is 7.61. The Balaban J connectivity index is 1.48. The van der Waals surface area contributed by atoms with Gasteiger partial charge >= 0.3 is 0 Å². The molecule has 4 fully saturated rings. The van der Waals surface area contributed by atoms with Gasteiger partial charge in [-0.1, -0.05) is 31.0 Å². The zero-order chi connectivity index (χ0) is 18.3. The predicted octanol–water partition coefficient (Wildman–Crippen LogP) is 6.32. The second-order valence-corrected chi connectivity index (χ2v) is 10.0. The Morgan fingerprint density at radius 3 is 2.38 bits per heavy atom. The SMILES string of the molecule is CCCC(NC(=S)Nc1cc(Cl)ccc1C)C12CC3CC(CC(C3)C1)C2. The van der Waals surface area contributed by atoms with Crippen LogP contribution in [0.4, 0.5) is 5.69 Å². The topological polar surface area (TPSA) is 24.1 Å². The van der Waals surface area contributed by atoms with Crippen molar-refractivity contribution in [2.24, 2.45) is 23.2 Å². The Kier molecular flexibility index (Phi) is 5.22. The number of hydrogen-bond donors (Lipinski definition) is 2. The molecule has 4 aliphatic rings. The van der Waals surface area contributed by atoms with E-state index in [1.54, 1.807) is 0 Å². The van der Waals surface area contributed by atoms with E-state index < -0.39 is 0 Å². The largest absolute Gasteiger partial charge is 0.359 e. The normalized spacial score (nSPS) is 33.1. The first kappa shape index (κ1) is 18.6. The maximum Gasteiger partial charge on any atom is 0.171 e. The smallest absolute Gasteiger partial charge is 0.171 e. The lowest BCUT2D eigenvalue weighted by atomic mass is 9.47. The minimum Gasteiger partial charge on any atom is -0.359 e. The zero-order valence-corrected chi connectivity index (χ0v) is 17.6. The summed E-state index contributed by atoms with van der Waals surface area (Å²) in [4.78, 5) is 0. The minimum atomic E-state index is 0.472. The molecule has 0 radical (unpaired) electrons. The molecule has 26 heavy (non-hydrogen) atoms. The molecule has 1 aromatic rings. The predicted molar refractivity (Wildman–Crippen MR) is 115 cm³/mol. The monoisotopic (exact) mass is 390 g/mol. The van der Waals surface area contributed by atoms with Crippen LogP contribution in [-0.2, 0) is 0 Å². The Morgan fingerprint density at radius 1 is 1.19 bits per heavy atom. The number of hydrogen-bond acceptors (Lipinski definition) is 1. The van der Waals surface area contributed by atoms with Crippen LogP contribution in [0.15, 0.2) is 18.2 Å². The van der Waals surface area contributed by atoms with Crippen molar-refractivity contribution in [2.75, 3.05) is 5.32 Å². The summed E-state index contributed by atoms with van der Waals surface area (Å²) >= 11 is 11.9. The maximum absolute atomic E-state index is 6.16. The van der Waals surface area contributed by atoms with Gasteiger partial charge in [-0.3, -0.25) is 0 Å². The van der Waals surface area contributed by atoms with Crippen LogP contribution in [-0.4, -0.2) is 11.2 Å². The van der Waals surface area contributed by atoms with Crippen molar-refractivity contribution >= 4 is 34.6 Å². The molecule has 1 unspecified atom stereocenters. The molecule has 2 nitrogen and oxygen atoms in total. The Hall–Kier alpha value is -0.800. The van der Waals surface area contributed by atoms with Gasteiger partial charge in [0.15, 0.2) is 5.11 Å². The van der Waals surface area contributed by atoms with Gasteiger partial charge in [0, 0.05) is 16.8 Å². The van der Waals surface area contributed by atoms with Crippen LogP contribution in [0.25, 0.3) is 0 Å². The summed E-state index contributed by atoms with van der Waals surface area (Å²) in [7, 11) is 0. The van der Waals surface area contributed by atoms with Crippen molar-refractivity contribution in [3.05, 3.63) is 28.8 Å². The van der Waals surface area contributed by atoms with E-state index in [4.69, 9.17) is 23.8 Å². The highest BCUT2D eigenvalue weighted by molar-refractivity contribution is 7.80. The summed E-state index contributed by atoms with van der Waals surface area (Å²) in [6, 6.07) is 6.43. The number of nitrogens with one attached hydrogen (secondary N) is 2. The molecule has 1 aromatic carbocycles. The fourth-order valence-electron chi connectivity index (χ4n) is 6.47. The zero-order valence-electron chi connectivity index (χ0n) is 16.0. The molecule has 0 amide bonds. The van der Waals surface area contributed by atoms with E-state index in [0.29, 0.717) is 11.5 Å². The van der Waals surface area contributed by atoms with Gasteiger partial charge in [0.1, 0.15) is 0 Å². The van der Waals surface area contributed by atoms with Crippen LogP contribution in [0.5, 0.6) is 0 Å². The molecule has 4 bridgehead atoms. The Morgan fingerprint density at radius 2 is 1.81 bits per heavy atom. The second kappa shape index (κ2) is 7.31. The van der Waals surface area contributed by atoms with Crippen molar-refractivity contribution in [2.45, 2.75) is 71.3 Å². The average Bonchev–Trinajstić information content (AvgIpc) is 2.56. The third-order valence-electron chi connectivity index (χ3n) is 7.16. The van der Waals surface area contributed by atoms with Crippen LogP contribution in [0.2, 0.25) is 5.02 Å². The van der Waals surface area contributed by atoms with Crippen molar-refractivity contribution in [3.8, 4) is 0 Å². The Bertz CT molecular complexity index is 651. The Labute approximate surface area is 168 Å². The van der Waals surface area contributed by atoms with Crippen LogP contribution >= 0.6 is 23.8 Å². The highest BCUT2D eigenvalue weighted by Gasteiger charge is 2.54. The van der Waals surface area contributed by atoms with E-state index in [0.717, 1.165) is 33.6 Å². The van der Waals surface area contributed by atoms with Crippen LogP contribution < -0.4 is 10.6 Å². The molecule has 4 saturated carbocycles. The first-order valence-corrected chi connectivity index (χ1v) is 11.1. The van der Waals surface area contributed by atoms with Gasteiger partial charge in [-0.15, -0.1) is 0 Å². The molecular formula is C22H31ClN2S. The molecule has 0 aliphatic heterocycles. The highest BCUT2D eigenvalue weighted by atomic mass is 35.5. The minimum absolute atomic E-state index is 0.472. The fraction of sp³-hybridized carbons (Fsp3) is 0.682.